The zero-order valence-electron chi connectivity index (χ0n) is 17.4. The van der Waals surface area contributed by atoms with Crippen molar-refractivity contribution in [3.8, 4) is 11.3 Å². The van der Waals surface area contributed by atoms with Crippen molar-refractivity contribution in [3.05, 3.63) is 70.0 Å². The SMILES string of the molecule is O=c1cc(-c2ccncc2)ncn1CC1CCN(c2nccn(CC3CC3)c2=O)CC1. The van der Waals surface area contributed by atoms with Crippen LogP contribution in [0.4, 0.5) is 5.82 Å². The monoisotopic (exact) mass is 418 g/mol. The maximum absolute atomic E-state index is 12.8. The fourth-order valence-corrected chi connectivity index (χ4v) is 4.22. The third kappa shape index (κ3) is 4.42. The lowest BCUT2D eigenvalue weighted by atomic mass is 9.96. The van der Waals surface area contributed by atoms with E-state index in [4.69, 9.17) is 0 Å². The van der Waals surface area contributed by atoms with Crippen LogP contribution in [0.2, 0.25) is 0 Å². The van der Waals surface area contributed by atoms with Crippen molar-refractivity contribution in [2.24, 2.45) is 11.8 Å². The normalized spacial score (nSPS) is 17.1. The summed E-state index contributed by atoms with van der Waals surface area (Å²) in [7, 11) is 0. The molecule has 8 heteroatoms. The number of piperidine rings is 1. The highest BCUT2D eigenvalue weighted by Crippen LogP contribution is 2.30. The Balaban J connectivity index is 1.22. The maximum atomic E-state index is 12.8. The molecule has 4 heterocycles. The standard InChI is InChI=1S/C23H26N6O2/c30-21-13-20(19-3-7-24-8-4-19)26-16-29(21)15-18-5-10-27(11-6-18)22-23(31)28(12-9-25-22)14-17-1-2-17/h3-4,7-9,12-13,16-18H,1-2,5-6,10-11,14-15H2. The van der Waals surface area contributed by atoms with E-state index in [1.165, 1.54) is 12.8 Å². The van der Waals surface area contributed by atoms with Crippen molar-refractivity contribution in [1.29, 1.82) is 0 Å². The molecule has 31 heavy (non-hydrogen) atoms. The largest absolute Gasteiger partial charge is 0.352 e. The van der Waals surface area contributed by atoms with Gasteiger partial charge in [0.05, 0.1) is 12.0 Å². The minimum Gasteiger partial charge on any atom is -0.352 e. The Morgan fingerprint density at radius 1 is 0.871 bits per heavy atom. The molecule has 0 N–H and O–H groups in total. The van der Waals surface area contributed by atoms with Crippen LogP contribution < -0.4 is 16.0 Å². The Kier molecular flexibility index (Phi) is 5.36. The van der Waals surface area contributed by atoms with Crippen LogP contribution in [0, 0.1) is 11.8 Å². The van der Waals surface area contributed by atoms with Gasteiger partial charge in [0.15, 0.2) is 5.82 Å². The van der Waals surface area contributed by atoms with Crippen molar-refractivity contribution in [2.45, 2.75) is 38.8 Å². The molecule has 2 fully saturated rings. The molecular weight excluding hydrogens is 392 g/mol. The van der Waals surface area contributed by atoms with Crippen molar-refractivity contribution < 1.29 is 0 Å². The highest BCUT2D eigenvalue weighted by atomic mass is 16.1. The highest BCUT2D eigenvalue weighted by Gasteiger charge is 2.25. The molecule has 3 aromatic heterocycles. The molecule has 8 nitrogen and oxygen atoms in total. The van der Waals surface area contributed by atoms with Crippen molar-refractivity contribution >= 4 is 5.82 Å². The van der Waals surface area contributed by atoms with Crippen LogP contribution in [0.5, 0.6) is 0 Å². The molecule has 1 aliphatic carbocycles. The van der Waals surface area contributed by atoms with Crippen molar-refractivity contribution in [3.63, 3.8) is 0 Å². The Morgan fingerprint density at radius 2 is 1.58 bits per heavy atom. The lowest BCUT2D eigenvalue weighted by Crippen LogP contribution is -2.40. The fourth-order valence-electron chi connectivity index (χ4n) is 4.22. The highest BCUT2D eigenvalue weighted by molar-refractivity contribution is 5.57. The van der Waals surface area contributed by atoms with E-state index >= 15 is 0 Å². The van der Waals surface area contributed by atoms with Gasteiger partial charge in [-0.05, 0) is 49.7 Å². The molecule has 0 radical (unpaired) electrons. The van der Waals surface area contributed by atoms with E-state index < -0.39 is 0 Å². The summed E-state index contributed by atoms with van der Waals surface area (Å²) in [5.74, 6) is 1.58. The molecule has 1 saturated carbocycles. The molecule has 1 aliphatic heterocycles. The van der Waals surface area contributed by atoms with Gasteiger partial charge in [0.1, 0.15) is 0 Å². The predicted octanol–water partition coefficient (Wildman–Crippen LogP) is 2.19. The van der Waals surface area contributed by atoms with Gasteiger partial charge in [-0.3, -0.25) is 19.1 Å². The van der Waals surface area contributed by atoms with Crippen LogP contribution in [-0.2, 0) is 13.1 Å². The quantitative estimate of drug-likeness (QED) is 0.610. The van der Waals surface area contributed by atoms with Gasteiger partial charge in [-0.1, -0.05) is 0 Å². The smallest absolute Gasteiger partial charge is 0.293 e. The summed E-state index contributed by atoms with van der Waals surface area (Å²) in [6, 6.07) is 5.27. The van der Waals surface area contributed by atoms with E-state index in [1.54, 1.807) is 41.7 Å². The van der Waals surface area contributed by atoms with E-state index in [-0.39, 0.29) is 11.1 Å². The molecule has 1 saturated heterocycles. The number of anilines is 1. The number of hydrogen-bond acceptors (Lipinski definition) is 6. The average molecular weight is 419 g/mol. The number of hydrogen-bond donors (Lipinski definition) is 0. The molecule has 5 rings (SSSR count). The number of rotatable bonds is 6. The molecule has 0 atom stereocenters. The number of aromatic nitrogens is 5. The van der Waals surface area contributed by atoms with E-state index in [0.717, 1.165) is 38.0 Å². The summed E-state index contributed by atoms with van der Waals surface area (Å²) in [5, 5.41) is 0. The van der Waals surface area contributed by atoms with Crippen LogP contribution >= 0.6 is 0 Å². The molecule has 0 bridgehead atoms. The fraction of sp³-hybridized carbons (Fsp3) is 0.435. The topological polar surface area (TPSA) is 85.9 Å². The molecule has 0 aromatic carbocycles. The van der Waals surface area contributed by atoms with Gasteiger partial charge in [-0.25, -0.2) is 9.97 Å². The van der Waals surface area contributed by atoms with Crippen LogP contribution in [0.15, 0.2) is 58.9 Å². The summed E-state index contributed by atoms with van der Waals surface area (Å²) in [6.45, 7) is 3.00. The minimum absolute atomic E-state index is 0.0139. The van der Waals surface area contributed by atoms with Crippen molar-refractivity contribution in [2.75, 3.05) is 18.0 Å². The average Bonchev–Trinajstić information content (AvgIpc) is 3.62. The first kappa shape index (κ1) is 19.7. The van der Waals surface area contributed by atoms with Gasteiger partial charge in [0, 0.05) is 62.6 Å². The third-order valence-corrected chi connectivity index (χ3v) is 6.27. The summed E-state index contributed by atoms with van der Waals surface area (Å²) in [5.41, 5.74) is 1.52. The lowest BCUT2D eigenvalue weighted by Gasteiger charge is -2.32. The van der Waals surface area contributed by atoms with Gasteiger partial charge in [0.25, 0.3) is 11.1 Å². The molecule has 160 valence electrons. The Labute approximate surface area is 180 Å². The maximum Gasteiger partial charge on any atom is 0.293 e. The van der Waals surface area contributed by atoms with E-state index in [1.807, 2.05) is 16.7 Å². The van der Waals surface area contributed by atoms with Gasteiger partial charge >= 0.3 is 0 Å². The van der Waals surface area contributed by atoms with Gasteiger partial charge in [0.2, 0.25) is 0 Å². The summed E-state index contributed by atoms with van der Waals surface area (Å²) >= 11 is 0. The second-order valence-electron chi connectivity index (χ2n) is 8.58. The number of pyridine rings is 1. The molecule has 3 aromatic rings. The first-order valence-electron chi connectivity index (χ1n) is 10.9. The summed E-state index contributed by atoms with van der Waals surface area (Å²) in [6.07, 6.45) is 12.8. The molecule has 2 aliphatic rings. The zero-order valence-corrected chi connectivity index (χ0v) is 17.4. The third-order valence-electron chi connectivity index (χ3n) is 6.27. The van der Waals surface area contributed by atoms with Gasteiger partial charge in [-0.2, -0.15) is 0 Å². The summed E-state index contributed by atoms with van der Waals surface area (Å²) in [4.78, 5) is 40.3. The minimum atomic E-state index is -0.0445. The van der Waals surface area contributed by atoms with Gasteiger partial charge < -0.3 is 9.47 Å². The first-order chi connectivity index (χ1) is 15.2. The predicted molar refractivity (Wildman–Crippen MR) is 118 cm³/mol. The van der Waals surface area contributed by atoms with Crippen LogP contribution in [0.25, 0.3) is 11.3 Å². The van der Waals surface area contributed by atoms with Crippen LogP contribution in [-0.4, -0.2) is 37.2 Å². The van der Waals surface area contributed by atoms with Crippen molar-refractivity contribution in [1.82, 2.24) is 24.1 Å². The van der Waals surface area contributed by atoms with E-state index in [0.29, 0.717) is 29.9 Å². The van der Waals surface area contributed by atoms with Gasteiger partial charge in [-0.15, -0.1) is 0 Å². The zero-order chi connectivity index (χ0) is 21.2. The first-order valence-corrected chi connectivity index (χ1v) is 10.9. The Morgan fingerprint density at radius 3 is 2.29 bits per heavy atom. The van der Waals surface area contributed by atoms with Crippen LogP contribution in [0.1, 0.15) is 25.7 Å². The molecule has 0 amide bonds. The Hall–Kier alpha value is -3.29. The lowest BCUT2D eigenvalue weighted by molar-refractivity contribution is 0.349. The van der Waals surface area contributed by atoms with E-state index in [2.05, 4.69) is 19.9 Å². The summed E-state index contributed by atoms with van der Waals surface area (Å²) < 4.78 is 3.50. The van der Waals surface area contributed by atoms with Crippen LogP contribution in [0.3, 0.4) is 0 Å². The molecule has 0 unspecified atom stereocenters. The second kappa shape index (κ2) is 8.45. The number of nitrogens with zero attached hydrogens (tertiary/aromatic N) is 6. The van der Waals surface area contributed by atoms with E-state index in [9.17, 15) is 9.59 Å². The molecule has 0 spiro atoms. The Bertz CT molecular complexity index is 1160. The molecular formula is C23H26N6O2. The second-order valence-corrected chi connectivity index (χ2v) is 8.58.